The zero-order valence-corrected chi connectivity index (χ0v) is 8.33. The number of urea groups is 1. The third-order valence-electron chi connectivity index (χ3n) is 3.07. The molecule has 0 aromatic rings. The molecule has 0 bridgehead atoms. The molecule has 2 fully saturated rings. The Morgan fingerprint density at radius 3 is 2.38 bits per heavy atom. The number of carbonyl (C=O) groups is 1. The Balaban J connectivity index is 1.89. The Kier molecular flexibility index (Phi) is 2.42. The van der Waals surface area contributed by atoms with Gasteiger partial charge in [-0.15, -0.1) is 0 Å². The van der Waals surface area contributed by atoms with Crippen LogP contribution in [-0.2, 0) is 0 Å². The zero-order valence-electron chi connectivity index (χ0n) is 8.33. The van der Waals surface area contributed by atoms with Crippen LogP contribution in [0.4, 0.5) is 4.79 Å². The molecule has 2 aliphatic heterocycles. The van der Waals surface area contributed by atoms with Crippen LogP contribution in [0.1, 0.15) is 26.2 Å². The van der Waals surface area contributed by atoms with Crippen LogP contribution in [0.5, 0.6) is 0 Å². The van der Waals surface area contributed by atoms with Crippen LogP contribution in [0.25, 0.3) is 0 Å². The lowest BCUT2D eigenvalue weighted by atomic mass is 10.2. The van der Waals surface area contributed by atoms with E-state index in [-0.39, 0.29) is 6.03 Å². The molecule has 2 saturated heterocycles. The van der Waals surface area contributed by atoms with Crippen molar-refractivity contribution in [2.24, 2.45) is 5.92 Å². The van der Waals surface area contributed by atoms with Crippen LogP contribution in [0.15, 0.2) is 0 Å². The van der Waals surface area contributed by atoms with E-state index in [0.29, 0.717) is 5.92 Å². The van der Waals surface area contributed by atoms with Gasteiger partial charge >= 0.3 is 6.03 Å². The van der Waals surface area contributed by atoms with Crippen molar-refractivity contribution in [3.05, 3.63) is 0 Å². The van der Waals surface area contributed by atoms with Gasteiger partial charge in [-0.05, 0) is 25.2 Å². The maximum atomic E-state index is 11.8. The van der Waals surface area contributed by atoms with Crippen molar-refractivity contribution in [3.8, 4) is 0 Å². The van der Waals surface area contributed by atoms with Crippen LogP contribution in [-0.4, -0.2) is 42.0 Å². The molecule has 74 valence electrons. The first-order valence-corrected chi connectivity index (χ1v) is 5.31. The normalized spacial score (nSPS) is 28.5. The van der Waals surface area contributed by atoms with E-state index in [9.17, 15) is 4.79 Å². The standard InChI is InChI=1S/C10H18N2O/c1-9-4-7-12(8-9)10(13)11-5-2-3-6-11/h9H,2-8H2,1H3. The maximum absolute atomic E-state index is 11.8. The van der Waals surface area contributed by atoms with Crippen molar-refractivity contribution < 1.29 is 4.79 Å². The number of rotatable bonds is 0. The molecule has 1 atom stereocenters. The lowest BCUT2D eigenvalue weighted by Crippen LogP contribution is -2.40. The van der Waals surface area contributed by atoms with E-state index in [2.05, 4.69) is 6.92 Å². The average molecular weight is 182 g/mol. The molecule has 0 spiro atoms. The lowest BCUT2D eigenvalue weighted by Gasteiger charge is -2.23. The van der Waals surface area contributed by atoms with Crippen LogP contribution in [0, 0.1) is 5.92 Å². The quantitative estimate of drug-likeness (QED) is 0.557. The van der Waals surface area contributed by atoms with Gasteiger partial charge in [-0.25, -0.2) is 4.79 Å². The fourth-order valence-corrected chi connectivity index (χ4v) is 2.22. The molecule has 2 heterocycles. The van der Waals surface area contributed by atoms with Gasteiger partial charge in [0.15, 0.2) is 0 Å². The molecule has 1 unspecified atom stereocenters. The van der Waals surface area contributed by atoms with Gasteiger partial charge in [0.05, 0.1) is 0 Å². The minimum atomic E-state index is 0.279. The fourth-order valence-electron chi connectivity index (χ4n) is 2.22. The van der Waals surface area contributed by atoms with Crippen LogP contribution < -0.4 is 0 Å². The minimum Gasteiger partial charge on any atom is -0.325 e. The molecule has 0 N–H and O–H groups in total. The summed E-state index contributed by atoms with van der Waals surface area (Å²) in [5.41, 5.74) is 0. The SMILES string of the molecule is CC1CCN(C(=O)N2CCCC2)C1. The van der Waals surface area contributed by atoms with E-state index in [1.54, 1.807) is 0 Å². The Hall–Kier alpha value is -0.730. The first-order chi connectivity index (χ1) is 6.27. The highest BCUT2D eigenvalue weighted by molar-refractivity contribution is 5.75. The van der Waals surface area contributed by atoms with Crippen LogP contribution in [0.3, 0.4) is 0 Å². The van der Waals surface area contributed by atoms with Crippen LogP contribution >= 0.6 is 0 Å². The lowest BCUT2D eigenvalue weighted by molar-refractivity contribution is 0.171. The monoisotopic (exact) mass is 182 g/mol. The summed E-state index contributed by atoms with van der Waals surface area (Å²) in [5, 5.41) is 0. The molecule has 3 heteroatoms. The topological polar surface area (TPSA) is 23.6 Å². The molecule has 13 heavy (non-hydrogen) atoms. The predicted molar refractivity (Wildman–Crippen MR) is 51.6 cm³/mol. The maximum Gasteiger partial charge on any atom is 0.320 e. The highest BCUT2D eigenvalue weighted by Crippen LogP contribution is 2.18. The Labute approximate surface area is 79.7 Å². The van der Waals surface area contributed by atoms with Crippen molar-refractivity contribution in [1.29, 1.82) is 0 Å². The Bertz CT molecular complexity index is 199. The molecule has 2 aliphatic rings. The molecule has 2 rings (SSSR count). The van der Waals surface area contributed by atoms with Gasteiger partial charge in [-0.1, -0.05) is 6.92 Å². The van der Waals surface area contributed by atoms with E-state index in [4.69, 9.17) is 0 Å². The first-order valence-electron chi connectivity index (χ1n) is 5.31. The third-order valence-corrected chi connectivity index (χ3v) is 3.07. The number of likely N-dealkylation sites (tertiary alicyclic amines) is 2. The summed E-state index contributed by atoms with van der Waals surface area (Å²) < 4.78 is 0. The summed E-state index contributed by atoms with van der Waals surface area (Å²) in [5.74, 6) is 0.701. The molecular weight excluding hydrogens is 164 g/mol. The smallest absolute Gasteiger partial charge is 0.320 e. The van der Waals surface area contributed by atoms with Crippen molar-refractivity contribution in [2.75, 3.05) is 26.2 Å². The van der Waals surface area contributed by atoms with Gasteiger partial charge < -0.3 is 9.80 Å². The van der Waals surface area contributed by atoms with E-state index in [1.165, 1.54) is 19.3 Å². The highest BCUT2D eigenvalue weighted by atomic mass is 16.2. The largest absolute Gasteiger partial charge is 0.325 e. The molecule has 2 amide bonds. The highest BCUT2D eigenvalue weighted by Gasteiger charge is 2.28. The van der Waals surface area contributed by atoms with Crippen molar-refractivity contribution in [1.82, 2.24) is 9.80 Å². The van der Waals surface area contributed by atoms with E-state index >= 15 is 0 Å². The first kappa shape index (κ1) is 8.85. The van der Waals surface area contributed by atoms with Gasteiger partial charge in [0.1, 0.15) is 0 Å². The van der Waals surface area contributed by atoms with E-state index in [0.717, 1.165) is 26.2 Å². The second kappa shape index (κ2) is 3.56. The average Bonchev–Trinajstić information content (AvgIpc) is 2.72. The van der Waals surface area contributed by atoms with E-state index < -0.39 is 0 Å². The molecular formula is C10H18N2O. The second-order valence-electron chi connectivity index (χ2n) is 4.32. The Morgan fingerprint density at radius 1 is 1.15 bits per heavy atom. The van der Waals surface area contributed by atoms with Gasteiger partial charge in [-0.3, -0.25) is 0 Å². The molecule has 0 saturated carbocycles. The van der Waals surface area contributed by atoms with Crippen molar-refractivity contribution >= 4 is 6.03 Å². The zero-order chi connectivity index (χ0) is 9.26. The Morgan fingerprint density at radius 2 is 1.85 bits per heavy atom. The number of amides is 2. The molecule has 0 aromatic heterocycles. The van der Waals surface area contributed by atoms with E-state index in [1.807, 2.05) is 9.80 Å². The summed E-state index contributed by atoms with van der Waals surface area (Å²) >= 11 is 0. The summed E-state index contributed by atoms with van der Waals surface area (Å²) in [6.45, 7) is 6.11. The van der Waals surface area contributed by atoms with Gasteiger partial charge in [0, 0.05) is 26.2 Å². The minimum absolute atomic E-state index is 0.279. The third kappa shape index (κ3) is 1.79. The molecule has 3 nitrogen and oxygen atoms in total. The molecule has 0 aliphatic carbocycles. The number of nitrogens with zero attached hydrogens (tertiary/aromatic N) is 2. The molecule has 0 radical (unpaired) electrons. The van der Waals surface area contributed by atoms with Crippen molar-refractivity contribution in [2.45, 2.75) is 26.2 Å². The summed E-state index contributed by atoms with van der Waals surface area (Å²) in [6, 6.07) is 0.279. The number of hydrogen-bond acceptors (Lipinski definition) is 1. The predicted octanol–water partition coefficient (Wildman–Crippen LogP) is 1.54. The van der Waals surface area contributed by atoms with Gasteiger partial charge in [0.2, 0.25) is 0 Å². The summed E-state index contributed by atoms with van der Waals surface area (Å²) in [7, 11) is 0. The van der Waals surface area contributed by atoms with Gasteiger partial charge in [-0.2, -0.15) is 0 Å². The number of carbonyl (C=O) groups excluding carboxylic acids is 1. The summed E-state index contributed by atoms with van der Waals surface area (Å²) in [4.78, 5) is 15.9. The number of hydrogen-bond donors (Lipinski definition) is 0. The van der Waals surface area contributed by atoms with Crippen LogP contribution in [0.2, 0.25) is 0 Å². The molecule has 0 aromatic carbocycles. The summed E-state index contributed by atoms with van der Waals surface area (Å²) in [6.07, 6.45) is 3.56. The second-order valence-corrected chi connectivity index (χ2v) is 4.32. The fraction of sp³-hybridized carbons (Fsp3) is 0.900. The van der Waals surface area contributed by atoms with Gasteiger partial charge in [0.25, 0.3) is 0 Å². The van der Waals surface area contributed by atoms with Crippen molar-refractivity contribution in [3.63, 3.8) is 0 Å².